The predicted octanol–water partition coefficient (Wildman–Crippen LogP) is 1.81. The first kappa shape index (κ1) is 17.8. The molecule has 0 atom stereocenters. The minimum Gasteiger partial charge on any atom is -0.272 e. The van der Waals surface area contributed by atoms with Gasteiger partial charge in [0.2, 0.25) is 10.0 Å². The molecule has 0 bridgehead atoms. The van der Waals surface area contributed by atoms with Crippen LogP contribution in [-0.4, -0.2) is 26.6 Å². The molecule has 6 nitrogen and oxygen atoms in total. The Morgan fingerprint density at radius 3 is 2.29 bits per heavy atom. The molecule has 0 heterocycles. The quantitative estimate of drug-likeness (QED) is 0.618. The average molecular weight is 345 g/mol. The molecule has 24 heavy (non-hydrogen) atoms. The molecule has 0 aromatic heterocycles. The molecule has 2 N–H and O–H groups in total. The molecule has 0 spiro atoms. The largest absolute Gasteiger partial charge is 0.272 e. The van der Waals surface area contributed by atoms with Crippen LogP contribution < -0.4 is 10.1 Å². The minimum absolute atomic E-state index is 0.108. The van der Waals surface area contributed by atoms with Gasteiger partial charge in [-0.25, -0.2) is 18.6 Å². The number of carbonyl (C=O) groups is 1. The second-order valence-electron chi connectivity index (χ2n) is 5.24. The summed E-state index contributed by atoms with van der Waals surface area (Å²) in [5.74, 6) is -0.541. The second-order valence-corrected chi connectivity index (χ2v) is 7.00. The molecule has 0 aliphatic carbocycles. The topological polar surface area (TPSA) is 87.6 Å². The fourth-order valence-corrected chi connectivity index (χ4v) is 2.89. The van der Waals surface area contributed by atoms with Crippen LogP contribution >= 0.6 is 0 Å². The summed E-state index contributed by atoms with van der Waals surface area (Å²) in [5, 5.41) is 3.98. The smallest absolute Gasteiger partial charge is 0.255 e. The van der Waals surface area contributed by atoms with Crippen molar-refractivity contribution in [2.24, 2.45) is 5.10 Å². The van der Waals surface area contributed by atoms with Gasteiger partial charge < -0.3 is 0 Å². The van der Waals surface area contributed by atoms with Crippen molar-refractivity contribution < 1.29 is 13.2 Å². The number of aryl methyl sites for hydroxylation is 1. The van der Waals surface area contributed by atoms with E-state index in [0.717, 1.165) is 11.1 Å². The Labute approximate surface area is 141 Å². The summed E-state index contributed by atoms with van der Waals surface area (Å²) in [7, 11) is -3.71. The molecule has 1 amide bonds. The molecule has 2 rings (SSSR count). The minimum atomic E-state index is -3.71. The van der Waals surface area contributed by atoms with E-state index in [-0.39, 0.29) is 11.4 Å². The van der Waals surface area contributed by atoms with Crippen LogP contribution in [0.15, 0.2) is 64.6 Å². The van der Waals surface area contributed by atoms with E-state index in [2.05, 4.69) is 15.2 Å². The van der Waals surface area contributed by atoms with E-state index in [4.69, 9.17) is 0 Å². The molecule has 0 aliphatic rings. The van der Waals surface area contributed by atoms with Gasteiger partial charge in [-0.2, -0.15) is 5.10 Å². The van der Waals surface area contributed by atoms with Gasteiger partial charge in [0.15, 0.2) is 0 Å². The maximum Gasteiger partial charge on any atom is 0.255 e. The molecule has 0 unspecified atom stereocenters. The van der Waals surface area contributed by atoms with Crippen LogP contribution in [0.2, 0.25) is 0 Å². The van der Waals surface area contributed by atoms with Gasteiger partial charge in [-0.3, -0.25) is 4.79 Å². The summed E-state index contributed by atoms with van der Waals surface area (Å²) >= 11 is 0. The Kier molecular flexibility index (Phi) is 5.83. The first-order valence-electron chi connectivity index (χ1n) is 7.33. The highest BCUT2D eigenvalue weighted by molar-refractivity contribution is 7.89. The van der Waals surface area contributed by atoms with E-state index in [0.29, 0.717) is 5.71 Å². The van der Waals surface area contributed by atoms with Crippen LogP contribution in [0.4, 0.5) is 0 Å². The van der Waals surface area contributed by atoms with Crippen LogP contribution in [0.1, 0.15) is 18.1 Å². The van der Waals surface area contributed by atoms with Crippen molar-refractivity contribution in [3.8, 4) is 0 Å². The lowest BCUT2D eigenvalue weighted by atomic mass is 10.1. The van der Waals surface area contributed by atoms with Crippen molar-refractivity contribution in [1.82, 2.24) is 10.1 Å². The van der Waals surface area contributed by atoms with Crippen molar-refractivity contribution in [3.05, 3.63) is 65.7 Å². The van der Waals surface area contributed by atoms with Crippen molar-refractivity contribution in [3.63, 3.8) is 0 Å². The van der Waals surface area contributed by atoms with E-state index in [1.54, 1.807) is 25.1 Å². The molecule has 0 saturated carbocycles. The normalized spacial score (nSPS) is 12.0. The monoisotopic (exact) mass is 345 g/mol. The molecule has 2 aromatic carbocycles. The van der Waals surface area contributed by atoms with Gasteiger partial charge in [0.25, 0.3) is 5.91 Å². The van der Waals surface area contributed by atoms with Crippen molar-refractivity contribution >= 4 is 21.6 Å². The Morgan fingerprint density at radius 1 is 1.04 bits per heavy atom. The third-order valence-electron chi connectivity index (χ3n) is 3.29. The first-order chi connectivity index (χ1) is 11.4. The second kappa shape index (κ2) is 7.85. The fourth-order valence-electron chi connectivity index (χ4n) is 1.89. The third kappa shape index (κ3) is 5.00. The molecule has 7 heteroatoms. The molecule has 2 aromatic rings. The Hall–Kier alpha value is -2.51. The van der Waals surface area contributed by atoms with Gasteiger partial charge in [0.1, 0.15) is 0 Å². The highest BCUT2D eigenvalue weighted by Gasteiger charge is 2.14. The Morgan fingerprint density at radius 2 is 1.67 bits per heavy atom. The zero-order valence-electron chi connectivity index (χ0n) is 13.5. The molecular weight excluding hydrogens is 326 g/mol. The number of sulfonamides is 1. The van der Waals surface area contributed by atoms with Gasteiger partial charge in [-0.05, 0) is 31.5 Å². The van der Waals surface area contributed by atoms with E-state index < -0.39 is 15.9 Å². The SMILES string of the molecule is CC(=NNC(=O)CNS(=O)(=O)c1ccccc1)c1ccc(C)cc1. The van der Waals surface area contributed by atoms with Gasteiger partial charge in [0, 0.05) is 0 Å². The summed E-state index contributed by atoms with van der Waals surface area (Å²) in [6, 6.07) is 15.6. The number of benzene rings is 2. The van der Waals surface area contributed by atoms with Crippen molar-refractivity contribution in [2.75, 3.05) is 6.54 Å². The van der Waals surface area contributed by atoms with Gasteiger partial charge in [0.05, 0.1) is 17.2 Å². The lowest BCUT2D eigenvalue weighted by molar-refractivity contribution is -0.119. The van der Waals surface area contributed by atoms with Crippen LogP contribution in [0.25, 0.3) is 0 Å². The van der Waals surface area contributed by atoms with Gasteiger partial charge in [-0.15, -0.1) is 0 Å². The summed E-state index contributed by atoms with van der Waals surface area (Å²) in [6.07, 6.45) is 0. The zero-order chi connectivity index (χ0) is 17.6. The average Bonchev–Trinajstić information content (AvgIpc) is 2.59. The Bertz CT molecular complexity index is 829. The summed E-state index contributed by atoms with van der Waals surface area (Å²) < 4.78 is 26.2. The van der Waals surface area contributed by atoms with Crippen LogP contribution in [0.5, 0.6) is 0 Å². The fraction of sp³-hybridized carbons (Fsp3) is 0.176. The molecular formula is C17H19N3O3S. The molecule has 0 fully saturated rings. The van der Waals surface area contributed by atoms with Crippen LogP contribution in [0.3, 0.4) is 0 Å². The highest BCUT2D eigenvalue weighted by Crippen LogP contribution is 2.06. The number of nitrogens with one attached hydrogen (secondary N) is 2. The molecule has 0 aliphatic heterocycles. The van der Waals surface area contributed by atoms with Gasteiger partial charge in [-0.1, -0.05) is 48.0 Å². The van der Waals surface area contributed by atoms with Gasteiger partial charge >= 0.3 is 0 Å². The first-order valence-corrected chi connectivity index (χ1v) is 8.82. The Balaban J connectivity index is 1.91. The third-order valence-corrected chi connectivity index (χ3v) is 4.71. The highest BCUT2D eigenvalue weighted by atomic mass is 32.2. The number of amides is 1. The van der Waals surface area contributed by atoms with Crippen molar-refractivity contribution in [1.29, 1.82) is 0 Å². The number of hydrogen-bond acceptors (Lipinski definition) is 4. The standard InChI is InChI=1S/C17H19N3O3S/c1-13-8-10-15(11-9-13)14(2)19-20-17(21)12-18-24(22,23)16-6-4-3-5-7-16/h3-11,18H,12H2,1-2H3,(H,20,21). The summed E-state index contributed by atoms with van der Waals surface area (Å²) in [6.45, 7) is 3.36. The lowest BCUT2D eigenvalue weighted by Crippen LogP contribution is -2.35. The molecule has 0 saturated heterocycles. The maximum atomic E-state index is 12.0. The van der Waals surface area contributed by atoms with Crippen LogP contribution in [0, 0.1) is 6.92 Å². The summed E-state index contributed by atoms with van der Waals surface area (Å²) in [4.78, 5) is 11.9. The number of hydrogen-bond donors (Lipinski definition) is 2. The maximum absolute atomic E-state index is 12.0. The zero-order valence-corrected chi connectivity index (χ0v) is 14.3. The van der Waals surface area contributed by atoms with E-state index in [1.807, 2.05) is 31.2 Å². The van der Waals surface area contributed by atoms with E-state index in [9.17, 15) is 13.2 Å². The number of hydrazone groups is 1. The number of rotatable bonds is 6. The van der Waals surface area contributed by atoms with E-state index >= 15 is 0 Å². The van der Waals surface area contributed by atoms with E-state index in [1.165, 1.54) is 12.1 Å². The predicted molar refractivity (Wildman–Crippen MR) is 93.2 cm³/mol. The number of carbonyl (C=O) groups excluding carboxylic acids is 1. The lowest BCUT2D eigenvalue weighted by Gasteiger charge is -2.06. The number of nitrogens with zero attached hydrogens (tertiary/aromatic N) is 1. The van der Waals surface area contributed by atoms with Crippen molar-refractivity contribution in [2.45, 2.75) is 18.7 Å². The summed E-state index contributed by atoms with van der Waals surface area (Å²) in [5.41, 5.74) is 4.99. The van der Waals surface area contributed by atoms with Crippen LogP contribution in [-0.2, 0) is 14.8 Å². The molecule has 0 radical (unpaired) electrons. The molecule has 126 valence electrons.